The average molecular weight is 297 g/mol. The van der Waals surface area contributed by atoms with E-state index < -0.39 is 0 Å². The van der Waals surface area contributed by atoms with E-state index in [1.54, 1.807) is 0 Å². The van der Waals surface area contributed by atoms with Crippen LogP contribution in [0, 0.1) is 24.2 Å². The molecule has 1 N–H and O–H groups in total. The summed E-state index contributed by atoms with van der Waals surface area (Å²) >= 11 is 0. The molecule has 0 radical (unpaired) electrons. The van der Waals surface area contributed by atoms with Gasteiger partial charge >= 0.3 is 0 Å². The third kappa shape index (κ3) is 3.88. The second-order valence-corrected chi connectivity index (χ2v) is 7.10. The van der Waals surface area contributed by atoms with Crippen molar-refractivity contribution in [3.63, 3.8) is 0 Å². The van der Waals surface area contributed by atoms with Gasteiger partial charge in [0.1, 0.15) is 0 Å². The minimum Gasteiger partial charge on any atom is -0.312 e. The van der Waals surface area contributed by atoms with Gasteiger partial charge in [0.25, 0.3) is 0 Å². The van der Waals surface area contributed by atoms with Gasteiger partial charge in [-0.05, 0) is 50.1 Å². The number of nitrogens with zero attached hydrogens (tertiary/aromatic N) is 2. The molecular formula is C19H27N3. The molecular weight excluding hydrogens is 270 g/mol. The first-order valence-corrected chi connectivity index (χ1v) is 8.64. The van der Waals surface area contributed by atoms with E-state index in [-0.39, 0.29) is 0 Å². The largest absolute Gasteiger partial charge is 0.312 e. The monoisotopic (exact) mass is 297 g/mol. The summed E-state index contributed by atoms with van der Waals surface area (Å²) in [5, 5.41) is 12.8. The Balaban J connectivity index is 1.63. The van der Waals surface area contributed by atoms with E-state index >= 15 is 0 Å². The highest BCUT2D eigenvalue weighted by molar-refractivity contribution is 5.25. The van der Waals surface area contributed by atoms with Crippen LogP contribution in [0.2, 0.25) is 0 Å². The standard InChI is InChI=1S/C19H27N3/c1-15-5-7-17(8-6-15)18-11-19(14-22(13-18)10-9-20)21-12-16-3-2-4-16/h5-8,16,18-19,21H,2-4,10-14H2,1H3. The molecule has 2 atom stereocenters. The predicted molar refractivity (Wildman–Crippen MR) is 89.7 cm³/mol. The normalized spacial score (nSPS) is 26.4. The maximum Gasteiger partial charge on any atom is 0.0866 e. The molecule has 1 saturated carbocycles. The van der Waals surface area contributed by atoms with Crippen LogP contribution >= 0.6 is 0 Å². The van der Waals surface area contributed by atoms with Crippen LogP contribution in [-0.2, 0) is 0 Å². The first kappa shape index (κ1) is 15.5. The van der Waals surface area contributed by atoms with Crippen LogP contribution in [0.5, 0.6) is 0 Å². The summed E-state index contributed by atoms with van der Waals surface area (Å²) in [6, 6.07) is 11.8. The zero-order valence-electron chi connectivity index (χ0n) is 13.6. The van der Waals surface area contributed by atoms with Crippen molar-refractivity contribution in [3.05, 3.63) is 35.4 Å². The van der Waals surface area contributed by atoms with Crippen LogP contribution < -0.4 is 5.32 Å². The topological polar surface area (TPSA) is 39.1 Å². The average Bonchev–Trinajstić information content (AvgIpc) is 2.46. The molecule has 1 aliphatic carbocycles. The predicted octanol–water partition coefficient (Wildman–Crippen LogP) is 3.07. The summed E-state index contributed by atoms with van der Waals surface area (Å²) in [7, 11) is 0. The fourth-order valence-corrected chi connectivity index (χ4v) is 3.68. The zero-order valence-corrected chi connectivity index (χ0v) is 13.6. The van der Waals surface area contributed by atoms with Crippen molar-refractivity contribution in [2.75, 3.05) is 26.2 Å². The molecule has 1 aromatic rings. The molecule has 2 aliphatic rings. The lowest BCUT2D eigenvalue weighted by molar-refractivity contribution is 0.177. The number of rotatable bonds is 5. The molecule has 2 fully saturated rings. The Labute approximate surface area is 134 Å². The number of likely N-dealkylation sites (tertiary alicyclic amines) is 1. The van der Waals surface area contributed by atoms with E-state index in [1.165, 1.54) is 36.8 Å². The highest BCUT2D eigenvalue weighted by atomic mass is 15.2. The van der Waals surface area contributed by atoms with Gasteiger partial charge in [-0.2, -0.15) is 5.26 Å². The van der Waals surface area contributed by atoms with Gasteiger partial charge in [0.2, 0.25) is 0 Å². The first-order chi connectivity index (χ1) is 10.7. The quantitative estimate of drug-likeness (QED) is 0.849. The Bertz CT molecular complexity index is 512. The van der Waals surface area contributed by atoms with Crippen LogP contribution in [0.4, 0.5) is 0 Å². The van der Waals surface area contributed by atoms with Crippen molar-refractivity contribution in [2.45, 2.75) is 44.6 Å². The molecule has 0 spiro atoms. The SMILES string of the molecule is Cc1ccc(C2CC(NCC3CCC3)CN(CC#N)C2)cc1. The van der Waals surface area contributed by atoms with E-state index in [2.05, 4.69) is 47.5 Å². The lowest BCUT2D eigenvalue weighted by atomic mass is 9.84. The zero-order chi connectivity index (χ0) is 15.4. The molecule has 0 amide bonds. The molecule has 3 heteroatoms. The Morgan fingerprint density at radius 1 is 1.23 bits per heavy atom. The molecule has 1 aliphatic heterocycles. The van der Waals surface area contributed by atoms with Crippen LogP contribution in [0.15, 0.2) is 24.3 Å². The van der Waals surface area contributed by atoms with E-state index in [1.807, 2.05) is 0 Å². The van der Waals surface area contributed by atoms with Crippen molar-refractivity contribution in [3.8, 4) is 6.07 Å². The number of hydrogen-bond acceptors (Lipinski definition) is 3. The van der Waals surface area contributed by atoms with E-state index in [9.17, 15) is 0 Å². The van der Waals surface area contributed by atoms with E-state index in [4.69, 9.17) is 5.26 Å². The van der Waals surface area contributed by atoms with Crippen molar-refractivity contribution >= 4 is 0 Å². The Hall–Kier alpha value is -1.37. The van der Waals surface area contributed by atoms with Gasteiger partial charge in [0, 0.05) is 19.1 Å². The van der Waals surface area contributed by atoms with Crippen molar-refractivity contribution < 1.29 is 0 Å². The number of piperidine rings is 1. The van der Waals surface area contributed by atoms with Gasteiger partial charge in [-0.3, -0.25) is 4.90 Å². The van der Waals surface area contributed by atoms with Crippen LogP contribution in [0.25, 0.3) is 0 Å². The Morgan fingerprint density at radius 3 is 2.64 bits per heavy atom. The van der Waals surface area contributed by atoms with Crippen LogP contribution in [-0.4, -0.2) is 37.1 Å². The molecule has 1 saturated heterocycles. The van der Waals surface area contributed by atoms with Gasteiger partial charge in [-0.15, -0.1) is 0 Å². The van der Waals surface area contributed by atoms with Crippen LogP contribution in [0.3, 0.4) is 0 Å². The first-order valence-electron chi connectivity index (χ1n) is 8.64. The Kier molecular flexibility index (Phi) is 5.12. The fourth-order valence-electron chi connectivity index (χ4n) is 3.68. The maximum absolute atomic E-state index is 9.05. The van der Waals surface area contributed by atoms with Gasteiger partial charge in [-0.25, -0.2) is 0 Å². The minimum absolute atomic E-state index is 0.522. The van der Waals surface area contributed by atoms with Crippen LogP contribution in [0.1, 0.15) is 42.7 Å². The summed E-state index contributed by atoms with van der Waals surface area (Å²) in [5.74, 6) is 1.44. The number of aryl methyl sites for hydroxylation is 1. The second-order valence-electron chi connectivity index (χ2n) is 7.10. The number of nitriles is 1. The molecule has 3 nitrogen and oxygen atoms in total. The molecule has 1 heterocycles. The molecule has 118 valence electrons. The second kappa shape index (κ2) is 7.26. The van der Waals surface area contributed by atoms with Gasteiger partial charge in [0.05, 0.1) is 12.6 Å². The third-order valence-electron chi connectivity index (χ3n) is 5.29. The van der Waals surface area contributed by atoms with Gasteiger partial charge in [-0.1, -0.05) is 36.2 Å². The molecule has 0 aromatic heterocycles. The van der Waals surface area contributed by atoms with E-state index in [0.29, 0.717) is 18.5 Å². The Morgan fingerprint density at radius 2 is 2.00 bits per heavy atom. The molecule has 2 unspecified atom stereocenters. The maximum atomic E-state index is 9.05. The number of benzene rings is 1. The molecule has 0 bridgehead atoms. The van der Waals surface area contributed by atoms with Crippen molar-refractivity contribution in [2.24, 2.45) is 5.92 Å². The summed E-state index contributed by atoms with van der Waals surface area (Å²) in [6.07, 6.45) is 5.38. The third-order valence-corrected chi connectivity index (χ3v) is 5.29. The lowest BCUT2D eigenvalue weighted by Gasteiger charge is -2.38. The van der Waals surface area contributed by atoms with E-state index in [0.717, 1.165) is 25.6 Å². The highest BCUT2D eigenvalue weighted by Crippen LogP contribution is 2.29. The smallest absolute Gasteiger partial charge is 0.0866 e. The summed E-state index contributed by atoms with van der Waals surface area (Å²) in [5.41, 5.74) is 2.73. The van der Waals surface area contributed by atoms with Crippen molar-refractivity contribution in [1.82, 2.24) is 10.2 Å². The number of hydrogen-bond donors (Lipinski definition) is 1. The van der Waals surface area contributed by atoms with Gasteiger partial charge in [0.15, 0.2) is 0 Å². The molecule has 1 aromatic carbocycles. The summed E-state index contributed by atoms with van der Waals surface area (Å²) in [6.45, 7) is 5.87. The fraction of sp³-hybridized carbons (Fsp3) is 0.632. The van der Waals surface area contributed by atoms with Crippen molar-refractivity contribution in [1.29, 1.82) is 5.26 Å². The minimum atomic E-state index is 0.522. The van der Waals surface area contributed by atoms with Gasteiger partial charge < -0.3 is 5.32 Å². The summed E-state index contributed by atoms with van der Waals surface area (Å²) in [4.78, 5) is 2.31. The number of nitrogens with one attached hydrogen (secondary N) is 1. The summed E-state index contributed by atoms with van der Waals surface area (Å²) < 4.78 is 0. The molecule has 3 rings (SSSR count). The lowest BCUT2D eigenvalue weighted by Crippen LogP contribution is -2.49. The molecule has 22 heavy (non-hydrogen) atoms. The highest BCUT2D eigenvalue weighted by Gasteiger charge is 2.28.